The fourth-order valence-electron chi connectivity index (χ4n) is 3.74. The molecule has 0 unspecified atom stereocenters. The van der Waals surface area contributed by atoms with Gasteiger partial charge in [0.2, 0.25) is 0 Å². The van der Waals surface area contributed by atoms with Crippen molar-refractivity contribution >= 4 is 39.3 Å². The van der Waals surface area contributed by atoms with Crippen molar-refractivity contribution in [3.05, 3.63) is 77.4 Å². The molecule has 0 saturated heterocycles. The van der Waals surface area contributed by atoms with Gasteiger partial charge in [-0.1, -0.05) is 36.4 Å². The molecule has 0 atom stereocenters. The Hall–Kier alpha value is -3.60. The van der Waals surface area contributed by atoms with Gasteiger partial charge in [0, 0.05) is 28.9 Å². The first kappa shape index (κ1) is 21.6. The second-order valence-electron chi connectivity index (χ2n) is 8.53. The Balaban J connectivity index is 1.55. The maximum Gasteiger partial charge on any atom is 0.407 e. The maximum absolute atomic E-state index is 11.6. The van der Waals surface area contributed by atoms with Gasteiger partial charge < -0.3 is 15.4 Å². The highest BCUT2D eigenvalue weighted by Crippen LogP contribution is 2.34. The number of ether oxygens (including phenoxy) is 1. The molecule has 0 radical (unpaired) electrons. The standard InChI is InChI=1S/C27H29N3O2/c1-17(2)28-27(31)32-14-13-20-7-9-21(10-8-20)29-26-22-11-5-18(3)15-24(22)30-25-16-19(4)6-12-23(25)26/h5-12,15-17H,13-14H2,1-4H3,(H,28,31)(H,29,30). The molecule has 0 saturated carbocycles. The molecular weight excluding hydrogens is 398 g/mol. The third-order valence-corrected chi connectivity index (χ3v) is 5.34. The predicted molar refractivity (Wildman–Crippen MR) is 132 cm³/mol. The molecule has 0 aliphatic heterocycles. The molecule has 4 rings (SSSR count). The number of hydrogen-bond acceptors (Lipinski definition) is 4. The number of aryl methyl sites for hydroxylation is 2. The predicted octanol–water partition coefficient (Wildman–Crippen LogP) is 6.43. The van der Waals surface area contributed by atoms with Crippen molar-refractivity contribution in [1.29, 1.82) is 0 Å². The minimum Gasteiger partial charge on any atom is -0.449 e. The van der Waals surface area contributed by atoms with Crippen LogP contribution in [-0.2, 0) is 11.2 Å². The first-order valence-electron chi connectivity index (χ1n) is 11.0. The number of aromatic nitrogens is 1. The lowest BCUT2D eigenvalue weighted by atomic mass is 10.0. The summed E-state index contributed by atoms with van der Waals surface area (Å²) in [5.41, 5.74) is 7.53. The van der Waals surface area contributed by atoms with Crippen molar-refractivity contribution in [2.45, 2.75) is 40.2 Å². The third kappa shape index (κ3) is 4.99. The van der Waals surface area contributed by atoms with E-state index in [2.05, 4.69) is 85.1 Å². The highest BCUT2D eigenvalue weighted by Gasteiger charge is 2.10. The van der Waals surface area contributed by atoms with E-state index in [9.17, 15) is 4.79 Å². The van der Waals surface area contributed by atoms with E-state index in [-0.39, 0.29) is 12.1 Å². The summed E-state index contributed by atoms with van der Waals surface area (Å²) in [6.07, 6.45) is 0.297. The molecular formula is C27H29N3O2. The number of carbonyl (C=O) groups is 1. The van der Waals surface area contributed by atoms with Gasteiger partial charge in [-0.15, -0.1) is 0 Å². The molecule has 164 valence electrons. The number of anilines is 2. The van der Waals surface area contributed by atoms with Crippen LogP contribution in [0.3, 0.4) is 0 Å². The normalized spacial score (nSPS) is 11.2. The number of pyridine rings is 1. The second-order valence-corrected chi connectivity index (χ2v) is 8.53. The van der Waals surface area contributed by atoms with Crippen molar-refractivity contribution < 1.29 is 9.53 Å². The van der Waals surface area contributed by atoms with Crippen molar-refractivity contribution in [2.24, 2.45) is 0 Å². The topological polar surface area (TPSA) is 63.2 Å². The van der Waals surface area contributed by atoms with Crippen LogP contribution in [0.4, 0.5) is 16.2 Å². The average molecular weight is 428 g/mol. The Morgan fingerprint density at radius 3 is 2.06 bits per heavy atom. The quantitative estimate of drug-likeness (QED) is 0.348. The van der Waals surface area contributed by atoms with Gasteiger partial charge in [-0.05, 0) is 68.7 Å². The Bertz CT molecular complexity index is 1200. The number of nitrogens with zero attached hydrogens (tertiary/aromatic N) is 1. The zero-order chi connectivity index (χ0) is 22.7. The van der Waals surface area contributed by atoms with E-state index in [1.54, 1.807) is 0 Å². The lowest BCUT2D eigenvalue weighted by Crippen LogP contribution is -2.31. The number of rotatable bonds is 6. The zero-order valence-corrected chi connectivity index (χ0v) is 19.0. The number of alkyl carbamates (subject to hydrolysis) is 1. The summed E-state index contributed by atoms with van der Waals surface area (Å²) < 4.78 is 5.23. The van der Waals surface area contributed by atoms with Crippen LogP contribution in [0.15, 0.2) is 60.7 Å². The molecule has 5 nitrogen and oxygen atoms in total. The molecule has 2 N–H and O–H groups in total. The molecule has 0 aliphatic rings. The van der Waals surface area contributed by atoms with Crippen LogP contribution in [-0.4, -0.2) is 23.7 Å². The van der Waals surface area contributed by atoms with Crippen LogP contribution < -0.4 is 10.6 Å². The summed E-state index contributed by atoms with van der Waals surface area (Å²) in [6, 6.07) is 21.1. The highest BCUT2D eigenvalue weighted by molar-refractivity contribution is 6.08. The van der Waals surface area contributed by atoms with Crippen LogP contribution in [0.1, 0.15) is 30.5 Å². The summed E-state index contributed by atoms with van der Waals surface area (Å²) in [6.45, 7) is 8.34. The zero-order valence-electron chi connectivity index (χ0n) is 19.0. The van der Waals surface area contributed by atoms with Crippen LogP contribution in [0.5, 0.6) is 0 Å². The highest BCUT2D eigenvalue weighted by atomic mass is 16.5. The number of nitrogens with one attached hydrogen (secondary N) is 2. The van der Waals surface area contributed by atoms with Gasteiger partial charge in [-0.25, -0.2) is 9.78 Å². The Kier molecular flexibility index (Phi) is 6.26. The summed E-state index contributed by atoms with van der Waals surface area (Å²) >= 11 is 0. The first-order valence-corrected chi connectivity index (χ1v) is 11.0. The van der Waals surface area contributed by atoms with E-state index in [4.69, 9.17) is 9.72 Å². The van der Waals surface area contributed by atoms with E-state index in [1.165, 1.54) is 11.1 Å². The van der Waals surface area contributed by atoms with Crippen molar-refractivity contribution in [2.75, 3.05) is 11.9 Å². The molecule has 1 aromatic heterocycles. The Morgan fingerprint density at radius 2 is 1.50 bits per heavy atom. The minimum atomic E-state index is -0.375. The minimum absolute atomic E-state index is 0.0704. The molecule has 0 spiro atoms. The van der Waals surface area contributed by atoms with E-state index >= 15 is 0 Å². The molecule has 32 heavy (non-hydrogen) atoms. The summed E-state index contributed by atoms with van der Waals surface area (Å²) in [5.74, 6) is 0. The van der Waals surface area contributed by atoms with Crippen molar-refractivity contribution in [3.8, 4) is 0 Å². The number of carbonyl (C=O) groups excluding carboxylic acids is 1. The summed E-state index contributed by atoms with van der Waals surface area (Å²) in [5, 5.41) is 8.54. The number of fused-ring (bicyclic) bond motifs is 2. The molecule has 0 aliphatic carbocycles. The molecule has 0 bridgehead atoms. The summed E-state index contributed by atoms with van der Waals surface area (Å²) in [4.78, 5) is 16.5. The van der Waals surface area contributed by atoms with Gasteiger partial charge in [-0.3, -0.25) is 0 Å². The third-order valence-electron chi connectivity index (χ3n) is 5.34. The van der Waals surface area contributed by atoms with Crippen molar-refractivity contribution in [1.82, 2.24) is 10.3 Å². The second kappa shape index (κ2) is 9.27. The van der Waals surface area contributed by atoms with Gasteiger partial charge in [-0.2, -0.15) is 0 Å². The lowest BCUT2D eigenvalue weighted by molar-refractivity contribution is 0.145. The smallest absolute Gasteiger partial charge is 0.407 e. The fourth-order valence-corrected chi connectivity index (χ4v) is 3.74. The van der Waals surface area contributed by atoms with Crippen LogP contribution in [0.25, 0.3) is 21.8 Å². The number of hydrogen-bond donors (Lipinski definition) is 2. The van der Waals surface area contributed by atoms with Crippen LogP contribution in [0.2, 0.25) is 0 Å². The SMILES string of the molecule is Cc1ccc2c(Nc3ccc(CCOC(=O)NC(C)C)cc3)c3ccc(C)cc3nc2c1. The van der Waals surface area contributed by atoms with Gasteiger partial charge in [0.25, 0.3) is 0 Å². The Morgan fingerprint density at radius 1 is 0.906 bits per heavy atom. The molecule has 5 heteroatoms. The van der Waals surface area contributed by atoms with Gasteiger partial charge in [0.15, 0.2) is 0 Å². The van der Waals surface area contributed by atoms with Crippen LogP contribution in [0, 0.1) is 13.8 Å². The van der Waals surface area contributed by atoms with Crippen LogP contribution >= 0.6 is 0 Å². The number of amides is 1. The molecule has 0 fully saturated rings. The maximum atomic E-state index is 11.6. The average Bonchev–Trinajstić information content (AvgIpc) is 2.73. The first-order chi connectivity index (χ1) is 15.4. The van der Waals surface area contributed by atoms with E-state index < -0.39 is 0 Å². The molecule has 4 aromatic rings. The van der Waals surface area contributed by atoms with Gasteiger partial charge in [0.05, 0.1) is 23.3 Å². The summed E-state index contributed by atoms with van der Waals surface area (Å²) in [7, 11) is 0. The largest absolute Gasteiger partial charge is 0.449 e. The molecule has 3 aromatic carbocycles. The fraction of sp³-hybridized carbons (Fsp3) is 0.259. The monoisotopic (exact) mass is 427 g/mol. The van der Waals surface area contributed by atoms with Gasteiger partial charge >= 0.3 is 6.09 Å². The Labute approximate surface area is 188 Å². The van der Waals surface area contributed by atoms with E-state index in [0.29, 0.717) is 13.0 Å². The van der Waals surface area contributed by atoms with E-state index in [0.717, 1.165) is 38.7 Å². The van der Waals surface area contributed by atoms with Gasteiger partial charge in [0.1, 0.15) is 0 Å². The lowest BCUT2D eigenvalue weighted by Gasteiger charge is -2.15. The number of benzene rings is 3. The molecule has 1 heterocycles. The van der Waals surface area contributed by atoms with E-state index in [1.807, 2.05) is 13.8 Å². The van der Waals surface area contributed by atoms with Crippen molar-refractivity contribution in [3.63, 3.8) is 0 Å². The molecule has 1 amide bonds.